The second-order valence-electron chi connectivity index (χ2n) is 4.69. The Hall–Kier alpha value is -1.74. The van der Waals surface area contributed by atoms with E-state index in [0.29, 0.717) is 12.5 Å². The van der Waals surface area contributed by atoms with Gasteiger partial charge in [-0.15, -0.1) is 0 Å². The van der Waals surface area contributed by atoms with Gasteiger partial charge in [0, 0.05) is 36.2 Å². The van der Waals surface area contributed by atoms with Crippen molar-refractivity contribution in [2.45, 2.75) is 26.3 Å². The van der Waals surface area contributed by atoms with Crippen molar-refractivity contribution >= 4 is 16.7 Å². The Morgan fingerprint density at radius 1 is 1.33 bits per heavy atom. The van der Waals surface area contributed by atoms with Crippen LogP contribution in [0.5, 0.6) is 0 Å². The molecular formula is C15H18N2O. The average Bonchev–Trinajstić information content (AvgIpc) is 2.37. The molecule has 0 amide bonds. The highest BCUT2D eigenvalue weighted by Crippen LogP contribution is 2.14. The maximum Gasteiger partial charge on any atom is 0.164 e. The van der Waals surface area contributed by atoms with Crippen molar-refractivity contribution in [2.24, 2.45) is 0 Å². The topological polar surface area (TPSA) is 42.0 Å². The molecule has 94 valence electrons. The van der Waals surface area contributed by atoms with Gasteiger partial charge < -0.3 is 5.32 Å². The van der Waals surface area contributed by atoms with Gasteiger partial charge in [0.15, 0.2) is 5.78 Å². The van der Waals surface area contributed by atoms with E-state index in [4.69, 9.17) is 0 Å². The molecular weight excluding hydrogens is 224 g/mol. The molecule has 0 bridgehead atoms. The van der Waals surface area contributed by atoms with Gasteiger partial charge in [-0.2, -0.15) is 0 Å². The van der Waals surface area contributed by atoms with Gasteiger partial charge in [-0.25, -0.2) is 0 Å². The lowest BCUT2D eigenvalue weighted by Gasteiger charge is -2.07. The van der Waals surface area contributed by atoms with Gasteiger partial charge in [-0.1, -0.05) is 19.9 Å². The van der Waals surface area contributed by atoms with Crippen molar-refractivity contribution in [3.05, 3.63) is 42.1 Å². The third-order valence-electron chi connectivity index (χ3n) is 2.83. The molecule has 0 spiro atoms. The largest absolute Gasteiger partial charge is 0.314 e. The minimum absolute atomic E-state index is 0.175. The summed E-state index contributed by atoms with van der Waals surface area (Å²) in [5.74, 6) is 0.175. The van der Waals surface area contributed by atoms with Crippen molar-refractivity contribution in [3.63, 3.8) is 0 Å². The zero-order valence-electron chi connectivity index (χ0n) is 10.8. The van der Waals surface area contributed by atoms with Crippen LogP contribution in [0.15, 0.2) is 36.5 Å². The summed E-state index contributed by atoms with van der Waals surface area (Å²) in [6.45, 7) is 4.87. The van der Waals surface area contributed by atoms with Gasteiger partial charge in [-0.05, 0) is 24.3 Å². The molecule has 3 heteroatoms. The number of carbonyl (C=O) groups excluding carboxylic acids is 1. The Labute approximate surface area is 107 Å². The number of carbonyl (C=O) groups is 1. The van der Waals surface area contributed by atoms with Crippen molar-refractivity contribution < 1.29 is 4.79 Å². The van der Waals surface area contributed by atoms with E-state index in [1.54, 1.807) is 6.20 Å². The van der Waals surface area contributed by atoms with E-state index in [2.05, 4.69) is 24.1 Å². The van der Waals surface area contributed by atoms with Crippen LogP contribution in [0.2, 0.25) is 0 Å². The first-order chi connectivity index (χ1) is 8.66. The van der Waals surface area contributed by atoms with Gasteiger partial charge in [-0.3, -0.25) is 9.78 Å². The summed E-state index contributed by atoms with van der Waals surface area (Å²) in [7, 11) is 0. The number of ketones is 1. The normalized spacial score (nSPS) is 11.1. The first-order valence-corrected chi connectivity index (χ1v) is 6.28. The zero-order chi connectivity index (χ0) is 13.0. The molecule has 2 rings (SSSR count). The molecule has 0 atom stereocenters. The third-order valence-corrected chi connectivity index (χ3v) is 2.83. The maximum atomic E-state index is 12.0. The number of hydrogen-bond donors (Lipinski definition) is 1. The summed E-state index contributed by atoms with van der Waals surface area (Å²) >= 11 is 0. The second-order valence-corrected chi connectivity index (χ2v) is 4.69. The van der Waals surface area contributed by atoms with Crippen LogP contribution in [0.25, 0.3) is 10.9 Å². The molecule has 0 aliphatic carbocycles. The summed E-state index contributed by atoms with van der Waals surface area (Å²) in [5.41, 5.74) is 1.69. The highest BCUT2D eigenvalue weighted by atomic mass is 16.1. The summed E-state index contributed by atoms with van der Waals surface area (Å²) in [5, 5.41) is 4.26. The maximum absolute atomic E-state index is 12.0. The van der Waals surface area contributed by atoms with Crippen LogP contribution in [0.3, 0.4) is 0 Å². The molecule has 0 unspecified atom stereocenters. The highest BCUT2D eigenvalue weighted by molar-refractivity contribution is 5.99. The van der Waals surface area contributed by atoms with E-state index in [0.717, 1.165) is 23.0 Å². The summed E-state index contributed by atoms with van der Waals surface area (Å²) in [6, 6.07) is 9.95. The molecule has 18 heavy (non-hydrogen) atoms. The number of fused-ring (bicyclic) bond motifs is 1. The van der Waals surface area contributed by atoms with Crippen molar-refractivity contribution in [1.29, 1.82) is 0 Å². The molecule has 3 nitrogen and oxygen atoms in total. The summed E-state index contributed by atoms with van der Waals surface area (Å²) in [6.07, 6.45) is 2.29. The zero-order valence-corrected chi connectivity index (χ0v) is 10.8. The molecule has 0 radical (unpaired) electrons. The number of rotatable bonds is 5. The number of Topliss-reactive ketones (excluding diaryl/α,β-unsaturated/α-hetero) is 1. The predicted molar refractivity (Wildman–Crippen MR) is 73.8 cm³/mol. The predicted octanol–water partition coefficient (Wildman–Crippen LogP) is 2.81. The highest BCUT2D eigenvalue weighted by Gasteiger charge is 2.06. The lowest BCUT2D eigenvalue weighted by Crippen LogP contribution is -2.25. The fraction of sp³-hybridized carbons (Fsp3) is 0.333. The molecule has 2 aromatic rings. The Kier molecular flexibility index (Phi) is 4.05. The van der Waals surface area contributed by atoms with Crippen LogP contribution in [-0.4, -0.2) is 23.4 Å². The number of nitrogens with zero attached hydrogens (tertiary/aromatic N) is 1. The molecule has 1 N–H and O–H groups in total. The lowest BCUT2D eigenvalue weighted by molar-refractivity contribution is 0.0982. The number of hydrogen-bond acceptors (Lipinski definition) is 3. The molecule has 0 saturated carbocycles. The van der Waals surface area contributed by atoms with E-state index in [9.17, 15) is 4.79 Å². The molecule has 0 aliphatic heterocycles. The van der Waals surface area contributed by atoms with Crippen LogP contribution in [0.1, 0.15) is 30.6 Å². The van der Waals surface area contributed by atoms with Crippen molar-refractivity contribution in [3.8, 4) is 0 Å². The number of nitrogens with one attached hydrogen (secondary N) is 1. The van der Waals surface area contributed by atoms with Crippen LogP contribution < -0.4 is 5.32 Å². The molecule has 1 aromatic carbocycles. The second kappa shape index (κ2) is 5.74. The molecule has 0 saturated heterocycles. The summed E-state index contributed by atoms with van der Waals surface area (Å²) < 4.78 is 0. The molecule has 1 heterocycles. The quantitative estimate of drug-likeness (QED) is 0.820. The van der Waals surface area contributed by atoms with Crippen LogP contribution in [-0.2, 0) is 0 Å². The first kappa shape index (κ1) is 12.7. The average molecular weight is 242 g/mol. The smallest absolute Gasteiger partial charge is 0.164 e. The molecule has 0 fully saturated rings. The minimum Gasteiger partial charge on any atom is -0.314 e. The van der Waals surface area contributed by atoms with E-state index in [1.807, 2.05) is 30.3 Å². The van der Waals surface area contributed by atoms with Crippen molar-refractivity contribution in [1.82, 2.24) is 10.3 Å². The third kappa shape index (κ3) is 3.14. The van der Waals surface area contributed by atoms with E-state index >= 15 is 0 Å². The fourth-order valence-corrected chi connectivity index (χ4v) is 1.87. The SMILES string of the molecule is CC(C)NCCC(=O)c1ccc2ncccc2c1. The molecule has 1 aromatic heterocycles. The van der Waals surface area contributed by atoms with Gasteiger partial charge in [0.1, 0.15) is 0 Å². The van der Waals surface area contributed by atoms with Gasteiger partial charge in [0.2, 0.25) is 0 Å². The summed E-state index contributed by atoms with van der Waals surface area (Å²) in [4.78, 5) is 16.3. The van der Waals surface area contributed by atoms with Crippen LogP contribution >= 0.6 is 0 Å². The Morgan fingerprint density at radius 2 is 2.17 bits per heavy atom. The van der Waals surface area contributed by atoms with Crippen molar-refractivity contribution in [2.75, 3.05) is 6.54 Å². The van der Waals surface area contributed by atoms with E-state index < -0.39 is 0 Å². The van der Waals surface area contributed by atoms with Gasteiger partial charge in [0.05, 0.1) is 5.52 Å². The fourth-order valence-electron chi connectivity index (χ4n) is 1.87. The standard InChI is InChI=1S/C15H18N2O/c1-11(2)16-9-7-15(18)13-5-6-14-12(10-13)4-3-8-17-14/h3-6,8,10-11,16H,7,9H2,1-2H3. The van der Waals surface area contributed by atoms with Gasteiger partial charge >= 0.3 is 0 Å². The van der Waals surface area contributed by atoms with Gasteiger partial charge in [0.25, 0.3) is 0 Å². The number of pyridine rings is 1. The molecule has 0 aliphatic rings. The van der Waals surface area contributed by atoms with Crippen LogP contribution in [0, 0.1) is 0 Å². The lowest BCUT2D eigenvalue weighted by atomic mass is 10.1. The Bertz CT molecular complexity index is 549. The number of benzene rings is 1. The van der Waals surface area contributed by atoms with Crippen LogP contribution in [0.4, 0.5) is 0 Å². The Morgan fingerprint density at radius 3 is 2.94 bits per heavy atom. The van der Waals surface area contributed by atoms with E-state index in [-0.39, 0.29) is 5.78 Å². The van der Waals surface area contributed by atoms with E-state index in [1.165, 1.54) is 0 Å². The number of aromatic nitrogens is 1. The first-order valence-electron chi connectivity index (χ1n) is 6.28. The minimum atomic E-state index is 0.175. The Balaban J connectivity index is 2.08. The monoisotopic (exact) mass is 242 g/mol.